The van der Waals surface area contributed by atoms with Gasteiger partial charge in [0.1, 0.15) is 11.4 Å². The minimum absolute atomic E-state index is 0.217. The fourth-order valence-electron chi connectivity index (χ4n) is 2.00. The molecule has 22 heavy (non-hydrogen) atoms. The molecule has 2 heterocycles. The molecule has 0 aliphatic heterocycles. The Labute approximate surface area is 132 Å². The highest BCUT2D eigenvalue weighted by Crippen LogP contribution is 2.20. The summed E-state index contributed by atoms with van der Waals surface area (Å²) in [7, 11) is 4.89. The van der Waals surface area contributed by atoms with Crippen LogP contribution in [0.4, 0.5) is 5.69 Å². The molecule has 9 heteroatoms. The minimum atomic E-state index is -0.451. The van der Waals surface area contributed by atoms with Gasteiger partial charge in [-0.25, -0.2) is 0 Å². The SMILES string of the molecule is CCn1ncc(NC(=O)c2c(Cl)cnn2C)c1C(=O)N(C)C. The van der Waals surface area contributed by atoms with Gasteiger partial charge < -0.3 is 10.2 Å². The van der Waals surface area contributed by atoms with Crippen molar-refractivity contribution in [2.24, 2.45) is 7.05 Å². The minimum Gasteiger partial charge on any atom is -0.343 e. The molecule has 0 radical (unpaired) electrons. The number of amides is 2. The summed E-state index contributed by atoms with van der Waals surface area (Å²) in [5, 5.41) is 10.9. The van der Waals surface area contributed by atoms with Crippen LogP contribution in [0.3, 0.4) is 0 Å². The fourth-order valence-corrected chi connectivity index (χ4v) is 2.25. The van der Waals surface area contributed by atoms with Crippen molar-refractivity contribution in [3.63, 3.8) is 0 Å². The van der Waals surface area contributed by atoms with Crippen LogP contribution in [0.1, 0.15) is 27.9 Å². The van der Waals surface area contributed by atoms with Crippen LogP contribution in [0.5, 0.6) is 0 Å². The molecular weight excluding hydrogens is 308 g/mol. The van der Waals surface area contributed by atoms with Crippen LogP contribution in [-0.2, 0) is 13.6 Å². The zero-order valence-corrected chi connectivity index (χ0v) is 13.5. The van der Waals surface area contributed by atoms with Crippen LogP contribution in [0.15, 0.2) is 12.4 Å². The van der Waals surface area contributed by atoms with Crippen LogP contribution in [0.25, 0.3) is 0 Å². The molecule has 0 spiro atoms. The Bertz CT molecular complexity index is 699. The maximum atomic E-state index is 12.3. The number of hydrogen-bond acceptors (Lipinski definition) is 4. The topological polar surface area (TPSA) is 85.0 Å². The normalized spacial score (nSPS) is 10.6. The van der Waals surface area contributed by atoms with E-state index in [1.807, 2.05) is 6.92 Å². The molecule has 0 saturated heterocycles. The van der Waals surface area contributed by atoms with E-state index in [1.54, 1.807) is 21.1 Å². The van der Waals surface area contributed by atoms with E-state index in [9.17, 15) is 9.59 Å². The van der Waals surface area contributed by atoms with E-state index in [4.69, 9.17) is 11.6 Å². The van der Waals surface area contributed by atoms with Crippen molar-refractivity contribution in [3.05, 3.63) is 28.8 Å². The molecule has 0 fully saturated rings. The number of nitrogens with one attached hydrogen (secondary N) is 1. The molecule has 0 unspecified atom stereocenters. The van der Waals surface area contributed by atoms with E-state index >= 15 is 0 Å². The number of carbonyl (C=O) groups is 2. The Kier molecular flexibility index (Phi) is 4.51. The zero-order chi connectivity index (χ0) is 16.4. The molecular formula is C13H17ClN6O2. The van der Waals surface area contributed by atoms with Crippen molar-refractivity contribution in [2.75, 3.05) is 19.4 Å². The summed E-state index contributed by atoms with van der Waals surface area (Å²) in [6, 6.07) is 0. The smallest absolute Gasteiger partial charge is 0.275 e. The number of aryl methyl sites for hydroxylation is 2. The van der Waals surface area contributed by atoms with Gasteiger partial charge in [0.15, 0.2) is 0 Å². The van der Waals surface area contributed by atoms with Crippen molar-refractivity contribution < 1.29 is 9.59 Å². The maximum absolute atomic E-state index is 12.3. The average molecular weight is 325 g/mol. The standard InChI is InChI=1S/C13H17ClN6O2/c1-5-20-11(13(22)18(2)3)9(7-16-20)17-12(21)10-8(14)6-15-19(10)4/h6-7H,5H2,1-4H3,(H,17,21). The van der Waals surface area contributed by atoms with Gasteiger partial charge >= 0.3 is 0 Å². The van der Waals surface area contributed by atoms with Gasteiger partial charge in [-0.15, -0.1) is 0 Å². The van der Waals surface area contributed by atoms with Crippen LogP contribution < -0.4 is 5.32 Å². The predicted octanol–water partition coefficient (Wildman–Crippen LogP) is 1.24. The molecule has 0 saturated carbocycles. The number of carbonyl (C=O) groups excluding carboxylic acids is 2. The van der Waals surface area contributed by atoms with E-state index in [0.717, 1.165) is 0 Å². The maximum Gasteiger partial charge on any atom is 0.275 e. The Balaban J connectivity index is 2.36. The summed E-state index contributed by atoms with van der Waals surface area (Å²) in [6.07, 6.45) is 2.83. The Morgan fingerprint density at radius 1 is 1.27 bits per heavy atom. The van der Waals surface area contributed by atoms with E-state index in [-0.39, 0.29) is 16.6 Å². The van der Waals surface area contributed by atoms with Crippen molar-refractivity contribution in [3.8, 4) is 0 Å². The summed E-state index contributed by atoms with van der Waals surface area (Å²) >= 11 is 5.95. The van der Waals surface area contributed by atoms with Crippen LogP contribution >= 0.6 is 11.6 Å². The second kappa shape index (κ2) is 6.18. The molecule has 2 aromatic rings. The van der Waals surface area contributed by atoms with Crippen LogP contribution in [0.2, 0.25) is 5.02 Å². The molecule has 2 amide bonds. The lowest BCUT2D eigenvalue weighted by Gasteiger charge is -2.13. The van der Waals surface area contributed by atoms with Crippen molar-refractivity contribution >= 4 is 29.1 Å². The average Bonchev–Trinajstić information content (AvgIpc) is 3.01. The quantitative estimate of drug-likeness (QED) is 0.917. The highest BCUT2D eigenvalue weighted by molar-refractivity contribution is 6.34. The fraction of sp³-hybridized carbons (Fsp3) is 0.385. The van der Waals surface area contributed by atoms with Gasteiger partial charge in [0.2, 0.25) is 0 Å². The first-order chi connectivity index (χ1) is 10.4. The van der Waals surface area contributed by atoms with Crippen LogP contribution in [0, 0.1) is 0 Å². The Morgan fingerprint density at radius 3 is 2.45 bits per heavy atom. The van der Waals surface area contributed by atoms with Gasteiger partial charge in [-0.1, -0.05) is 11.6 Å². The highest BCUT2D eigenvalue weighted by Gasteiger charge is 2.23. The number of aromatic nitrogens is 4. The lowest BCUT2D eigenvalue weighted by molar-refractivity contribution is 0.0816. The number of nitrogens with zero attached hydrogens (tertiary/aromatic N) is 5. The summed E-state index contributed by atoms with van der Waals surface area (Å²) in [4.78, 5) is 26.0. The van der Waals surface area contributed by atoms with E-state index in [0.29, 0.717) is 17.9 Å². The van der Waals surface area contributed by atoms with Crippen LogP contribution in [-0.4, -0.2) is 50.4 Å². The highest BCUT2D eigenvalue weighted by atomic mass is 35.5. The summed E-state index contributed by atoms with van der Waals surface area (Å²) in [6.45, 7) is 2.38. The molecule has 2 aromatic heterocycles. The third kappa shape index (κ3) is 2.82. The molecule has 0 aliphatic carbocycles. The molecule has 118 valence electrons. The third-order valence-electron chi connectivity index (χ3n) is 3.11. The predicted molar refractivity (Wildman–Crippen MR) is 82.1 cm³/mol. The van der Waals surface area contributed by atoms with Crippen molar-refractivity contribution in [1.29, 1.82) is 0 Å². The van der Waals surface area contributed by atoms with Crippen molar-refractivity contribution in [2.45, 2.75) is 13.5 Å². The van der Waals surface area contributed by atoms with Crippen molar-refractivity contribution in [1.82, 2.24) is 24.5 Å². The molecule has 1 N–H and O–H groups in total. The first kappa shape index (κ1) is 16.0. The van der Waals surface area contributed by atoms with Gasteiger partial charge in [-0.2, -0.15) is 10.2 Å². The second-order valence-corrected chi connectivity index (χ2v) is 5.25. The van der Waals surface area contributed by atoms with Gasteiger partial charge in [-0.3, -0.25) is 19.0 Å². The van der Waals surface area contributed by atoms with Gasteiger partial charge in [0.05, 0.1) is 23.1 Å². The van der Waals surface area contributed by atoms with E-state index in [1.165, 1.54) is 26.7 Å². The Hall–Kier alpha value is -2.35. The molecule has 0 bridgehead atoms. The number of rotatable bonds is 4. The number of anilines is 1. The van der Waals surface area contributed by atoms with Gasteiger partial charge in [-0.05, 0) is 6.92 Å². The summed E-state index contributed by atoms with van der Waals surface area (Å²) in [5.74, 6) is -0.695. The first-order valence-corrected chi connectivity index (χ1v) is 7.00. The molecule has 2 rings (SSSR count). The lowest BCUT2D eigenvalue weighted by Crippen LogP contribution is -2.27. The molecule has 0 atom stereocenters. The number of halogens is 1. The molecule has 8 nitrogen and oxygen atoms in total. The second-order valence-electron chi connectivity index (χ2n) is 4.84. The monoisotopic (exact) mass is 324 g/mol. The Morgan fingerprint density at radius 2 is 1.95 bits per heavy atom. The molecule has 0 aliphatic rings. The third-order valence-corrected chi connectivity index (χ3v) is 3.38. The number of hydrogen-bond donors (Lipinski definition) is 1. The summed E-state index contributed by atoms with van der Waals surface area (Å²) < 4.78 is 2.90. The van der Waals surface area contributed by atoms with E-state index < -0.39 is 5.91 Å². The summed E-state index contributed by atoms with van der Waals surface area (Å²) in [5.41, 5.74) is 0.871. The van der Waals surface area contributed by atoms with E-state index in [2.05, 4.69) is 15.5 Å². The molecule has 0 aromatic carbocycles. The first-order valence-electron chi connectivity index (χ1n) is 6.63. The van der Waals surface area contributed by atoms with Gasteiger partial charge in [0, 0.05) is 27.7 Å². The zero-order valence-electron chi connectivity index (χ0n) is 12.8. The largest absolute Gasteiger partial charge is 0.343 e. The lowest BCUT2D eigenvalue weighted by atomic mass is 10.3. The van der Waals surface area contributed by atoms with Gasteiger partial charge in [0.25, 0.3) is 11.8 Å².